The molecule has 0 unspecified atom stereocenters. The van der Waals surface area contributed by atoms with Crippen LogP contribution in [0.5, 0.6) is 0 Å². The van der Waals surface area contributed by atoms with Gasteiger partial charge in [-0.1, -0.05) is 66.7 Å². The average Bonchev–Trinajstić information content (AvgIpc) is 2.85. The molecule has 1 saturated heterocycles. The molecule has 0 spiro atoms. The number of nitrogens with one attached hydrogen (secondary N) is 1. The van der Waals surface area contributed by atoms with Crippen LogP contribution in [0.3, 0.4) is 0 Å². The van der Waals surface area contributed by atoms with Crippen LogP contribution in [0.1, 0.15) is 41.1 Å². The van der Waals surface area contributed by atoms with Crippen molar-refractivity contribution in [1.29, 1.82) is 0 Å². The molecule has 5 rings (SSSR count). The second-order valence-electron chi connectivity index (χ2n) is 8.90. The molecule has 1 fully saturated rings. The topological polar surface area (TPSA) is 56.4 Å². The lowest BCUT2D eigenvalue weighted by Crippen LogP contribution is -2.49. The van der Waals surface area contributed by atoms with E-state index in [0.717, 1.165) is 43.6 Å². The molecule has 0 bridgehead atoms. The number of carbonyl (C=O) groups is 1. The van der Waals surface area contributed by atoms with Gasteiger partial charge >= 0.3 is 6.03 Å². The molecule has 0 atom stereocenters. The van der Waals surface area contributed by atoms with Crippen LogP contribution < -0.4 is 5.56 Å². The number of pyridine rings is 1. The first-order valence-corrected chi connectivity index (χ1v) is 11.5. The molecule has 2 amide bonds. The third kappa shape index (κ3) is 4.20. The summed E-state index contributed by atoms with van der Waals surface area (Å²) in [6.45, 7) is 2.73. The second kappa shape index (κ2) is 9.03. The highest BCUT2D eigenvalue weighted by molar-refractivity contribution is 5.75. The fourth-order valence-corrected chi connectivity index (χ4v) is 5.29. The van der Waals surface area contributed by atoms with Gasteiger partial charge in [-0.25, -0.2) is 4.79 Å². The maximum absolute atomic E-state index is 13.2. The van der Waals surface area contributed by atoms with Crippen molar-refractivity contribution >= 4 is 6.03 Å². The van der Waals surface area contributed by atoms with E-state index in [9.17, 15) is 9.59 Å². The summed E-state index contributed by atoms with van der Waals surface area (Å²) in [6.07, 6.45) is 2.77. The van der Waals surface area contributed by atoms with Gasteiger partial charge in [0.15, 0.2) is 0 Å². The fourth-order valence-electron chi connectivity index (χ4n) is 5.29. The van der Waals surface area contributed by atoms with Crippen molar-refractivity contribution in [3.05, 3.63) is 106 Å². The van der Waals surface area contributed by atoms with Crippen LogP contribution in [0.15, 0.2) is 77.6 Å². The number of nitrogens with zero attached hydrogens (tertiary/aromatic N) is 2. The van der Waals surface area contributed by atoms with Crippen LogP contribution in [0.25, 0.3) is 0 Å². The van der Waals surface area contributed by atoms with E-state index in [2.05, 4.69) is 65.6 Å². The fraction of sp³-hybridized carbons (Fsp3) is 0.333. The maximum Gasteiger partial charge on any atom is 0.320 e. The number of fused-ring (bicyclic) bond motifs is 1. The monoisotopic (exact) mass is 427 g/mol. The number of likely N-dealkylation sites (tertiary alicyclic amines) is 1. The van der Waals surface area contributed by atoms with Gasteiger partial charge in [0.1, 0.15) is 0 Å². The highest BCUT2D eigenvalue weighted by Crippen LogP contribution is 2.38. The molecular weight excluding hydrogens is 398 g/mol. The van der Waals surface area contributed by atoms with E-state index in [4.69, 9.17) is 0 Å². The average molecular weight is 428 g/mol. The van der Waals surface area contributed by atoms with Crippen molar-refractivity contribution in [3.8, 4) is 0 Å². The summed E-state index contributed by atoms with van der Waals surface area (Å²) in [5.74, 6) is 0.851. The van der Waals surface area contributed by atoms with Crippen molar-refractivity contribution in [2.45, 2.75) is 31.7 Å². The quantitative estimate of drug-likeness (QED) is 0.674. The smallest absolute Gasteiger partial charge is 0.320 e. The molecule has 2 aliphatic rings. The first-order valence-electron chi connectivity index (χ1n) is 11.5. The van der Waals surface area contributed by atoms with Gasteiger partial charge in [-0.05, 0) is 41.9 Å². The number of aromatic nitrogens is 1. The van der Waals surface area contributed by atoms with Crippen molar-refractivity contribution < 1.29 is 4.79 Å². The number of carbonyl (C=O) groups excluding carboxylic acids is 1. The Morgan fingerprint density at radius 1 is 0.812 bits per heavy atom. The van der Waals surface area contributed by atoms with Crippen LogP contribution in [-0.2, 0) is 13.0 Å². The number of rotatable bonds is 3. The largest absolute Gasteiger partial charge is 0.325 e. The summed E-state index contributed by atoms with van der Waals surface area (Å²) in [5.41, 5.74) is 4.60. The number of piperidine rings is 1. The molecule has 1 N–H and O–H groups in total. The van der Waals surface area contributed by atoms with E-state index in [1.165, 1.54) is 11.1 Å². The SMILES string of the molecule is O=C(N1CCC(C(c2ccccc2)c2ccccc2)CC1)N1CCc2ccc(=O)[nH]c2C1. The van der Waals surface area contributed by atoms with Crippen molar-refractivity contribution in [1.82, 2.24) is 14.8 Å². The van der Waals surface area contributed by atoms with Crippen LogP contribution in [0.2, 0.25) is 0 Å². The summed E-state index contributed by atoms with van der Waals surface area (Å²) in [7, 11) is 0. The molecule has 5 nitrogen and oxygen atoms in total. The molecule has 3 aromatic rings. The third-order valence-corrected chi connectivity index (χ3v) is 6.97. The second-order valence-corrected chi connectivity index (χ2v) is 8.90. The molecule has 3 heterocycles. The highest BCUT2D eigenvalue weighted by atomic mass is 16.2. The van der Waals surface area contributed by atoms with Gasteiger partial charge < -0.3 is 14.8 Å². The molecule has 0 saturated carbocycles. The lowest BCUT2D eigenvalue weighted by atomic mass is 9.76. The number of urea groups is 1. The van der Waals surface area contributed by atoms with E-state index in [0.29, 0.717) is 24.9 Å². The Morgan fingerprint density at radius 3 is 2.06 bits per heavy atom. The van der Waals surface area contributed by atoms with Gasteiger partial charge in [-0.2, -0.15) is 0 Å². The van der Waals surface area contributed by atoms with E-state index in [1.54, 1.807) is 6.07 Å². The van der Waals surface area contributed by atoms with Crippen LogP contribution in [-0.4, -0.2) is 40.4 Å². The van der Waals surface area contributed by atoms with Crippen molar-refractivity contribution in [3.63, 3.8) is 0 Å². The summed E-state index contributed by atoms with van der Waals surface area (Å²) in [4.78, 5) is 31.7. The molecule has 0 aliphatic carbocycles. The number of H-pyrrole nitrogens is 1. The van der Waals surface area contributed by atoms with Gasteiger partial charge in [0.25, 0.3) is 0 Å². The maximum atomic E-state index is 13.2. The van der Waals surface area contributed by atoms with Gasteiger partial charge in [-0.3, -0.25) is 4.79 Å². The summed E-state index contributed by atoms with van der Waals surface area (Å²) in [5, 5.41) is 0. The predicted octanol–water partition coefficient (Wildman–Crippen LogP) is 4.40. The predicted molar refractivity (Wildman–Crippen MR) is 126 cm³/mol. The lowest BCUT2D eigenvalue weighted by molar-refractivity contribution is 0.125. The Morgan fingerprint density at radius 2 is 1.44 bits per heavy atom. The molecule has 5 heteroatoms. The summed E-state index contributed by atoms with van der Waals surface area (Å²) < 4.78 is 0. The van der Waals surface area contributed by atoms with Crippen LogP contribution in [0.4, 0.5) is 4.79 Å². The molecule has 2 aliphatic heterocycles. The van der Waals surface area contributed by atoms with Crippen molar-refractivity contribution in [2.24, 2.45) is 5.92 Å². The molecule has 32 heavy (non-hydrogen) atoms. The number of benzene rings is 2. The van der Waals surface area contributed by atoms with Gasteiger partial charge in [0.05, 0.1) is 6.54 Å². The Kier molecular flexibility index (Phi) is 5.80. The van der Waals surface area contributed by atoms with Gasteiger partial charge in [0, 0.05) is 37.3 Å². The molecule has 0 radical (unpaired) electrons. The van der Waals surface area contributed by atoms with Crippen LogP contribution in [0, 0.1) is 5.92 Å². The van der Waals surface area contributed by atoms with E-state index in [1.807, 2.05) is 15.9 Å². The van der Waals surface area contributed by atoms with Gasteiger partial charge in [-0.15, -0.1) is 0 Å². The molecule has 2 aromatic carbocycles. The Bertz CT molecular complexity index is 1080. The zero-order valence-corrected chi connectivity index (χ0v) is 18.2. The Labute approximate surface area is 188 Å². The Hall–Kier alpha value is -3.34. The first-order chi connectivity index (χ1) is 15.7. The van der Waals surface area contributed by atoms with E-state index in [-0.39, 0.29) is 11.6 Å². The first kappa shape index (κ1) is 20.6. The number of amides is 2. The number of aromatic amines is 1. The molecular formula is C27H29N3O2. The van der Waals surface area contributed by atoms with Gasteiger partial charge in [0.2, 0.25) is 5.56 Å². The summed E-state index contributed by atoms with van der Waals surface area (Å²) in [6, 6.07) is 25.0. The number of hydrogen-bond acceptors (Lipinski definition) is 2. The standard InChI is InChI=1S/C27H29N3O2/c31-25-12-11-20-13-18-30(19-24(20)28-25)27(32)29-16-14-23(15-17-29)26(21-7-3-1-4-8-21)22-9-5-2-6-10-22/h1-12,23,26H,13-19H2,(H,28,31). The van der Waals surface area contributed by atoms with Crippen molar-refractivity contribution in [2.75, 3.05) is 19.6 Å². The van der Waals surface area contributed by atoms with E-state index >= 15 is 0 Å². The van der Waals surface area contributed by atoms with E-state index < -0.39 is 0 Å². The normalized spacial score (nSPS) is 16.8. The zero-order valence-electron chi connectivity index (χ0n) is 18.2. The highest BCUT2D eigenvalue weighted by Gasteiger charge is 2.32. The summed E-state index contributed by atoms with van der Waals surface area (Å²) >= 11 is 0. The minimum absolute atomic E-state index is 0.0924. The minimum atomic E-state index is -0.105. The molecule has 1 aromatic heterocycles. The zero-order chi connectivity index (χ0) is 21.9. The Balaban J connectivity index is 1.28. The lowest BCUT2D eigenvalue weighted by Gasteiger charge is -2.39. The van der Waals surface area contributed by atoms with Crippen LogP contribution >= 0.6 is 0 Å². The third-order valence-electron chi connectivity index (χ3n) is 6.97. The molecule has 164 valence electrons. The minimum Gasteiger partial charge on any atom is -0.325 e. The number of hydrogen-bond donors (Lipinski definition) is 1.